The number of nitro groups is 1. The molecule has 0 aromatic heterocycles. The maximum atomic E-state index is 11.1. The van der Waals surface area contributed by atoms with Crippen molar-refractivity contribution >= 4 is 17.3 Å². The van der Waals surface area contributed by atoms with Crippen molar-refractivity contribution in [2.24, 2.45) is 11.6 Å². The predicted molar refractivity (Wildman–Crippen MR) is 80.3 cm³/mol. The number of hydrogen-bond acceptors (Lipinski definition) is 6. The molecule has 0 heterocycles. The first kappa shape index (κ1) is 16.9. The number of anilines is 1. The van der Waals surface area contributed by atoms with E-state index in [1.54, 1.807) is 6.07 Å². The van der Waals surface area contributed by atoms with E-state index in [1.807, 2.05) is 11.8 Å². The van der Waals surface area contributed by atoms with Gasteiger partial charge in [0.25, 0.3) is 5.69 Å². The fourth-order valence-corrected chi connectivity index (χ4v) is 2.02. The second-order valence-corrected chi connectivity index (χ2v) is 4.77. The topological polar surface area (TPSA) is 128 Å². The van der Waals surface area contributed by atoms with Crippen molar-refractivity contribution in [3.63, 3.8) is 0 Å². The molecule has 0 aliphatic heterocycles. The summed E-state index contributed by atoms with van der Waals surface area (Å²) in [5, 5.41) is 10.9. The number of hydrogen-bond donors (Lipinski definition) is 3. The summed E-state index contributed by atoms with van der Waals surface area (Å²) >= 11 is 0. The molecule has 1 aromatic rings. The van der Waals surface area contributed by atoms with Gasteiger partial charge in [-0.25, -0.2) is 0 Å². The third kappa shape index (κ3) is 5.36. The lowest BCUT2D eigenvalue weighted by Gasteiger charge is -2.21. The van der Waals surface area contributed by atoms with Crippen molar-refractivity contribution in [3.8, 4) is 0 Å². The van der Waals surface area contributed by atoms with Crippen LogP contribution in [0.1, 0.15) is 25.3 Å². The lowest BCUT2D eigenvalue weighted by atomic mass is 10.1. The Balaban J connectivity index is 2.96. The number of carbonyl (C=O) groups is 1. The predicted octanol–water partition coefficient (Wildman–Crippen LogP) is 0.968. The normalized spacial score (nSPS) is 10.6. The molecule has 0 bridgehead atoms. The van der Waals surface area contributed by atoms with Crippen molar-refractivity contribution in [3.05, 3.63) is 33.9 Å². The molecule has 0 aliphatic carbocycles. The second kappa shape index (κ2) is 8.18. The molecular formula is C13H21N5O3. The summed E-state index contributed by atoms with van der Waals surface area (Å²) in [6.07, 6.45) is 1.89. The van der Waals surface area contributed by atoms with Crippen LogP contribution in [0.15, 0.2) is 18.2 Å². The van der Waals surface area contributed by atoms with Gasteiger partial charge >= 0.3 is 0 Å². The fourth-order valence-electron chi connectivity index (χ4n) is 2.02. The Kier molecular flexibility index (Phi) is 6.57. The first-order chi connectivity index (χ1) is 9.97. The first-order valence-electron chi connectivity index (χ1n) is 6.72. The molecule has 21 heavy (non-hydrogen) atoms. The Morgan fingerprint density at radius 3 is 2.71 bits per heavy atom. The number of nitrogens with zero attached hydrogens (tertiary/aromatic N) is 2. The molecule has 1 rings (SSSR count). The summed E-state index contributed by atoms with van der Waals surface area (Å²) in [6.45, 7) is 3.20. The zero-order valence-electron chi connectivity index (χ0n) is 12.0. The Morgan fingerprint density at radius 2 is 2.19 bits per heavy atom. The van der Waals surface area contributed by atoms with Gasteiger partial charge in [0.1, 0.15) is 0 Å². The molecule has 1 aromatic carbocycles. The Bertz CT molecular complexity index is 507. The molecule has 0 saturated carbocycles. The van der Waals surface area contributed by atoms with E-state index in [0.29, 0.717) is 24.3 Å². The summed E-state index contributed by atoms with van der Waals surface area (Å²) in [7, 11) is 0. The number of primary amides is 1. The zero-order chi connectivity index (χ0) is 15.8. The van der Waals surface area contributed by atoms with Crippen molar-refractivity contribution in [2.75, 3.05) is 18.5 Å². The molecule has 116 valence electrons. The lowest BCUT2D eigenvalue weighted by Crippen LogP contribution is -2.34. The van der Waals surface area contributed by atoms with Crippen molar-refractivity contribution < 1.29 is 9.72 Å². The highest BCUT2D eigenvalue weighted by atomic mass is 16.6. The Hall–Kier alpha value is -2.19. The Labute approximate surface area is 123 Å². The van der Waals surface area contributed by atoms with Crippen LogP contribution in [0.5, 0.6) is 0 Å². The lowest BCUT2D eigenvalue weighted by molar-refractivity contribution is -0.384. The van der Waals surface area contributed by atoms with Crippen LogP contribution in [0, 0.1) is 10.1 Å². The molecule has 1 amide bonds. The molecule has 0 atom stereocenters. The van der Waals surface area contributed by atoms with Crippen molar-refractivity contribution in [1.29, 1.82) is 0 Å². The summed E-state index contributed by atoms with van der Waals surface area (Å²) in [6, 6.07) is 4.38. The number of nitrogens with one attached hydrogen (secondary N) is 1. The van der Waals surface area contributed by atoms with Crippen LogP contribution in [0.25, 0.3) is 0 Å². The number of hydrazine groups is 1. The number of nitrogens with two attached hydrogens (primary N) is 2. The van der Waals surface area contributed by atoms with Gasteiger partial charge in [0, 0.05) is 18.7 Å². The molecule has 8 nitrogen and oxygen atoms in total. The van der Waals surface area contributed by atoms with E-state index in [1.165, 1.54) is 12.1 Å². The van der Waals surface area contributed by atoms with E-state index in [9.17, 15) is 14.9 Å². The molecule has 0 spiro atoms. The van der Waals surface area contributed by atoms with Gasteiger partial charge in [-0.3, -0.25) is 25.7 Å². The van der Waals surface area contributed by atoms with E-state index >= 15 is 0 Å². The minimum absolute atomic E-state index is 0.0153. The molecule has 0 fully saturated rings. The van der Waals surface area contributed by atoms with Gasteiger partial charge in [0.05, 0.1) is 17.2 Å². The van der Waals surface area contributed by atoms with Gasteiger partial charge in [-0.15, -0.1) is 0 Å². The molecular weight excluding hydrogens is 274 g/mol. The summed E-state index contributed by atoms with van der Waals surface area (Å²) in [4.78, 5) is 23.4. The fraction of sp³-hybridized carbons (Fsp3) is 0.462. The van der Waals surface area contributed by atoms with E-state index < -0.39 is 10.8 Å². The number of amides is 1. The van der Waals surface area contributed by atoms with Crippen molar-refractivity contribution in [2.45, 2.75) is 26.3 Å². The van der Waals surface area contributed by atoms with Crippen LogP contribution in [0.2, 0.25) is 0 Å². The average Bonchev–Trinajstić information content (AvgIpc) is 2.44. The van der Waals surface area contributed by atoms with E-state index in [4.69, 9.17) is 11.6 Å². The molecule has 0 aliphatic rings. The molecule has 8 heteroatoms. The maximum Gasteiger partial charge on any atom is 0.269 e. The number of benzene rings is 1. The monoisotopic (exact) mass is 295 g/mol. The van der Waals surface area contributed by atoms with Gasteiger partial charge < -0.3 is 11.2 Å². The van der Waals surface area contributed by atoms with E-state index in [2.05, 4.69) is 5.43 Å². The Morgan fingerprint density at radius 1 is 1.48 bits per heavy atom. The maximum absolute atomic E-state index is 11.1. The minimum Gasteiger partial charge on any atom is -0.369 e. The molecule has 5 N–H and O–H groups in total. The number of non-ortho nitro benzene ring substituents is 1. The highest BCUT2D eigenvalue weighted by Gasteiger charge is 2.15. The van der Waals surface area contributed by atoms with Crippen LogP contribution < -0.4 is 17.0 Å². The number of carbonyl (C=O) groups excluding carboxylic acids is 1. The second-order valence-electron chi connectivity index (χ2n) is 4.77. The largest absolute Gasteiger partial charge is 0.369 e. The van der Waals surface area contributed by atoms with Gasteiger partial charge in [0.2, 0.25) is 5.91 Å². The third-order valence-corrected chi connectivity index (χ3v) is 3.06. The SMILES string of the molecule is CCCCN(CC(N)=O)Cc1cc([N+](=O)[O-])ccc1NN. The third-order valence-electron chi connectivity index (χ3n) is 3.06. The van der Waals surface area contributed by atoms with Gasteiger partial charge in [-0.05, 0) is 24.6 Å². The van der Waals surface area contributed by atoms with Crippen LogP contribution >= 0.6 is 0 Å². The highest BCUT2D eigenvalue weighted by molar-refractivity contribution is 5.76. The summed E-state index contributed by atoms with van der Waals surface area (Å²) < 4.78 is 0. The smallest absolute Gasteiger partial charge is 0.269 e. The number of rotatable bonds is 9. The van der Waals surface area contributed by atoms with Crippen LogP contribution in [-0.2, 0) is 11.3 Å². The van der Waals surface area contributed by atoms with Crippen LogP contribution in [0.3, 0.4) is 0 Å². The van der Waals surface area contributed by atoms with Gasteiger partial charge in [-0.2, -0.15) is 0 Å². The highest BCUT2D eigenvalue weighted by Crippen LogP contribution is 2.23. The molecule has 0 radical (unpaired) electrons. The molecule has 0 saturated heterocycles. The standard InChI is InChI=1S/C13H21N5O3/c1-2-3-6-17(9-13(14)19)8-10-7-11(18(20)21)4-5-12(10)16-15/h4-5,7,16H,2-3,6,8-9,15H2,1H3,(H2,14,19). The van der Waals surface area contributed by atoms with Gasteiger partial charge in [0.15, 0.2) is 0 Å². The van der Waals surface area contributed by atoms with Crippen LogP contribution in [-0.4, -0.2) is 28.8 Å². The van der Waals surface area contributed by atoms with E-state index in [0.717, 1.165) is 12.8 Å². The zero-order valence-corrected chi connectivity index (χ0v) is 12.0. The first-order valence-corrected chi connectivity index (χ1v) is 6.72. The summed E-state index contributed by atoms with van der Waals surface area (Å²) in [5.74, 6) is 4.99. The number of nitrogen functional groups attached to an aromatic ring is 1. The van der Waals surface area contributed by atoms with Gasteiger partial charge in [-0.1, -0.05) is 13.3 Å². The van der Waals surface area contributed by atoms with Crippen LogP contribution in [0.4, 0.5) is 11.4 Å². The summed E-state index contributed by atoms with van der Waals surface area (Å²) in [5.41, 5.74) is 8.98. The number of unbranched alkanes of at least 4 members (excludes halogenated alkanes) is 1. The van der Waals surface area contributed by atoms with E-state index in [-0.39, 0.29) is 12.2 Å². The average molecular weight is 295 g/mol. The number of nitro benzene ring substituents is 1. The quantitative estimate of drug-likeness (QED) is 0.354. The van der Waals surface area contributed by atoms with Crippen molar-refractivity contribution in [1.82, 2.24) is 4.90 Å². The minimum atomic E-state index is -0.464. The molecule has 0 unspecified atom stereocenters.